The minimum atomic E-state index is 0.0480. The standard InChI is InChI=1S/C33H52BO3S.C21H30BO2S.C13H24O.CH3ClS.CH4S/c1-21(2)11-14-30(36-24-9-7-6-8-10-24)22(3)31-29(35)20-28-26-13-12-23-19-25(37-38-34)15-17-32(23,4)27(26)16-18-33(28,31)5;1-4-16-19(23)12-18-15-6-5-13-11-14(24-25-22)7-9-20(13,2)17(15)8-10-21(16,18)3;1-11(2)9-10-12(3)14-13-7-5-4-6-8-13;1-3-2;1-2/h12,14,21-22,24-28,34-35H,6-11,13,15-20H2,1-5H3;4-5,14-15,17-18,22H,6-12H2,1-3H3;10-11,13H,4-9H2,1-3H3;1H3;2H,1H3/p+1/b30-14-;16-4-;12-10-;;/t22-,25+,26-,27+,28+,32+,33+;14-,15+,17-,18-,20-,21+;;;/m10.../s1/i34T;22T;;1T;/hT. The summed E-state index contributed by atoms with van der Waals surface area (Å²) in [4.78, 5) is 10.6. The van der Waals surface area contributed by atoms with E-state index in [4.69, 9.17) is 39.1 Å². The van der Waals surface area contributed by atoms with E-state index in [1.54, 1.807) is 17.4 Å². The maximum absolute atomic E-state index is 10.6. The highest BCUT2D eigenvalue weighted by atomic mass is 35.7. The Balaban J connectivity index is 0.000000219. The number of carbonyl (C=O) groups excluding carboxylic acids is 1. The van der Waals surface area contributed by atoms with E-state index in [1.165, 1.54) is 139 Å². The summed E-state index contributed by atoms with van der Waals surface area (Å²) in [5.74, 6) is 9.15. The summed E-state index contributed by atoms with van der Waals surface area (Å²) in [5, 5.41) is 5.53. The number of rotatable bonds is 17. The summed E-state index contributed by atoms with van der Waals surface area (Å²) in [7, 11) is 8.49. The molecule has 0 unspecified atom stereocenters. The SMILES string of the molecule is C/C(=C/CC(C)C)OC1CCCCC1.CS.[3H]CSCl.[3H][B]SO[C@H]1CC[C@@]2(C)C(=CC[C@@H]3[C@@H]2CC[C@]2(C)/C(=C\C)C(=[OH+])C[C@@H]32)C1.[3H][B]SO[C@H]1CC[C@@]2(C)C(=CC[C@@H]3[C@@H]2CC[C@]2(C)C([C@H](C)/C(=C/CC(C)C)OC4CCCCC4)=C(O[3H])C[C@@H]32)C1. The van der Waals surface area contributed by atoms with Gasteiger partial charge in [0.1, 0.15) is 0 Å². The van der Waals surface area contributed by atoms with E-state index in [0.717, 1.165) is 117 Å². The molecule has 2 radical (unpaired) electrons. The van der Waals surface area contributed by atoms with Crippen molar-refractivity contribution in [3.63, 3.8) is 0 Å². The normalized spacial score (nSPS) is 36.9. The van der Waals surface area contributed by atoms with Crippen LogP contribution in [0.1, 0.15) is 244 Å². The summed E-state index contributed by atoms with van der Waals surface area (Å²) < 4.78 is 53.3. The Morgan fingerprint density at radius 1 is 0.695 bits per heavy atom. The van der Waals surface area contributed by atoms with E-state index in [9.17, 15) is 4.79 Å². The Morgan fingerprint density at radius 3 is 1.65 bits per heavy atom. The average molecular weight is 1230 g/mol. The number of thiol groups is 1. The number of halogens is 1. The molecule has 10 aliphatic rings. The van der Waals surface area contributed by atoms with Gasteiger partial charge in [-0.25, -0.2) is 0 Å². The highest BCUT2D eigenvalue weighted by Crippen LogP contribution is 2.68. The molecule has 0 aliphatic heterocycles. The molecular weight excluding hydrogens is 1110 g/mol. The number of allylic oxidation sites excluding steroid dienone is 9. The smallest absolute Gasteiger partial charge is 0.320 e. The predicted octanol–water partition coefficient (Wildman–Crippen LogP) is 20.4. The Kier molecular flexibility index (Phi) is 25.6. The van der Waals surface area contributed by atoms with E-state index < -0.39 is 0 Å². The lowest BCUT2D eigenvalue weighted by atomic mass is 9.47. The van der Waals surface area contributed by atoms with Gasteiger partial charge in [0.05, 0.1) is 53.7 Å². The molecule has 10 rings (SSSR count). The van der Waals surface area contributed by atoms with Gasteiger partial charge in [-0.3, -0.25) is 4.79 Å². The Labute approximate surface area is 532 Å². The number of fused-ring (bicyclic) bond motifs is 10. The van der Waals surface area contributed by atoms with E-state index in [-0.39, 0.29) is 40.6 Å². The van der Waals surface area contributed by atoms with Crippen LogP contribution in [0.2, 0.25) is 0 Å². The van der Waals surface area contributed by atoms with E-state index in [2.05, 4.69) is 119 Å². The van der Waals surface area contributed by atoms with Crippen molar-refractivity contribution in [2.45, 2.75) is 268 Å². The second kappa shape index (κ2) is 32.6. The van der Waals surface area contributed by atoms with Gasteiger partial charge >= 0.3 is 5.78 Å². The quantitative estimate of drug-likeness (QED) is 0.0284. The lowest BCUT2D eigenvalue weighted by molar-refractivity contribution is -0.0293. The summed E-state index contributed by atoms with van der Waals surface area (Å²) >= 11 is 5.87. The van der Waals surface area contributed by atoms with Gasteiger partial charge in [0.15, 0.2) is 0 Å². The molecule has 10 aliphatic carbocycles. The third kappa shape index (κ3) is 16.5. The van der Waals surface area contributed by atoms with Crippen LogP contribution >= 0.6 is 58.1 Å². The van der Waals surface area contributed by atoms with Crippen LogP contribution in [-0.2, 0) is 17.8 Å². The number of aliphatic hydroxyl groups excluding tert-OH is 1. The highest BCUT2D eigenvalue weighted by molar-refractivity contribution is 8.20. The zero-order chi connectivity index (χ0) is 62.8. The van der Waals surface area contributed by atoms with Crippen LogP contribution in [0.15, 0.2) is 70.0 Å². The lowest BCUT2D eigenvalue weighted by Gasteiger charge is -2.58. The first-order valence-electron chi connectivity index (χ1n) is 34.7. The summed E-state index contributed by atoms with van der Waals surface area (Å²) in [5.41, 5.74) is 6.53. The molecule has 0 amide bonds. The minimum absolute atomic E-state index is 0.0480. The lowest BCUT2D eigenvalue weighted by Crippen LogP contribution is -2.50. The fourth-order valence-corrected chi connectivity index (χ4v) is 18.9. The molecule has 2 N–H and O–H groups in total. The van der Waals surface area contributed by atoms with Crippen LogP contribution in [0.4, 0.5) is 0 Å². The van der Waals surface area contributed by atoms with Gasteiger partial charge < -0.3 is 22.9 Å². The molecule has 0 saturated heterocycles. The molecule has 0 aromatic rings. The minimum Gasteiger partial charge on any atom is -0.512 e. The second-order valence-corrected chi connectivity index (χ2v) is 29.8. The van der Waals surface area contributed by atoms with Crippen LogP contribution in [0, 0.1) is 74.9 Å². The van der Waals surface area contributed by atoms with Crippen molar-refractivity contribution in [2.75, 3.05) is 12.5 Å². The first-order valence-corrected chi connectivity index (χ1v) is 36.8. The molecule has 6 nitrogen and oxygen atoms in total. The van der Waals surface area contributed by atoms with Crippen molar-refractivity contribution in [3.05, 3.63) is 70.0 Å². The first-order chi connectivity index (χ1) is 41.2. The van der Waals surface area contributed by atoms with E-state index in [0.29, 0.717) is 58.9 Å². The number of hydrogen-bond donors (Lipinski definition) is 2. The largest absolute Gasteiger partial charge is 0.512 e. The van der Waals surface area contributed by atoms with Crippen molar-refractivity contribution >= 4 is 78.0 Å². The molecule has 7 saturated carbocycles. The van der Waals surface area contributed by atoms with Crippen LogP contribution < -0.4 is 0 Å². The van der Waals surface area contributed by atoms with Crippen molar-refractivity contribution in [2.24, 2.45) is 74.9 Å². The van der Waals surface area contributed by atoms with Gasteiger partial charge in [0.2, 0.25) is 14.2 Å². The van der Waals surface area contributed by atoms with Gasteiger partial charge in [0.25, 0.3) is 1.43 Å². The molecule has 0 aromatic heterocycles. The number of ketones is 1. The number of aliphatic hydroxyl groups is 1. The van der Waals surface area contributed by atoms with Gasteiger partial charge in [0, 0.05) is 19.1 Å². The molecule has 0 aromatic carbocycles. The summed E-state index contributed by atoms with van der Waals surface area (Å²) in [6.07, 6.45) is 45.6. The van der Waals surface area contributed by atoms with Gasteiger partial charge in [-0.15, -0.1) is 0 Å². The van der Waals surface area contributed by atoms with Crippen LogP contribution in [0.25, 0.3) is 1.43 Å². The Hall–Kier alpha value is -0.750. The predicted molar refractivity (Wildman–Crippen MR) is 364 cm³/mol. The van der Waals surface area contributed by atoms with Crippen LogP contribution in [-0.4, -0.2) is 69.4 Å². The highest BCUT2D eigenvalue weighted by Gasteiger charge is 2.62. The monoisotopic (exact) mass is 1230 g/mol. The molecule has 0 spiro atoms. The van der Waals surface area contributed by atoms with E-state index >= 15 is 0 Å². The fourth-order valence-electron chi connectivity index (χ4n) is 18.2. The third-order valence-electron chi connectivity index (χ3n) is 22.5. The topological polar surface area (TPSA) is 78.6 Å². The van der Waals surface area contributed by atoms with Gasteiger partial charge in [-0.1, -0.05) is 139 Å². The fraction of sp³-hybridized carbons (Fsp3) is 0.812. The Bertz CT molecular complexity index is 2330. The van der Waals surface area contributed by atoms with Crippen molar-refractivity contribution in [1.82, 2.24) is 0 Å². The maximum Gasteiger partial charge on any atom is 0.320 e. The zero-order valence-corrected chi connectivity index (χ0v) is 57.3. The van der Waals surface area contributed by atoms with Crippen molar-refractivity contribution in [1.29, 1.82) is 4.10 Å². The average Bonchev–Trinajstić information content (AvgIpc) is 1.42. The zero-order valence-electron chi connectivity index (χ0n) is 57.2. The molecular formula is C69H114B2ClO6S4+. The molecule has 82 heavy (non-hydrogen) atoms. The van der Waals surface area contributed by atoms with Crippen molar-refractivity contribution < 1.29 is 29.1 Å². The third-order valence-corrected chi connectivity index (χ3v) is 23.3. The van der Waals surface area contributed by atoms with Crippen LogP contribution in [0.5, 0.6) is 0 Å². The van der Waals surface area contributed by atoms with Crippen LogP contribution in [0.3, 0.4) is 0 Å². The Morgan fingerprint density at radius 2 is 1.17 bits per heavy atom. The summed E-state index contributed by atoms with van der Waals surface area (Å²) in [6.45, 7) is 25.5. The summed E-state index contributed by atoms with van der Waals surface area (Å²) in [6, 6.07) is 0. The second-order valence-electron chi connectivity index (χ2n) is 28.2. The van der Waals surface area contributed by atoms with Gasteiger partial charge in [-0.05, 0) is 262 Å². The molecule has 13 atom stereocenters. The maximum atomic E-state index is 10.6. The number of hydrogen-bond acceptors (Lipinski definition) is 9. The van der Waals surface area contributed by atoms with Crippen molar-refractivity contribution in [3.8, 4) is 0 Å². The first kappa shape index (κ1) is 64.2. The van der Waals surface area contributed by atoms with E-state index in [1.807, 2.05) is 0 Å². The molecule has 0 heterocycles. The van der Waals surface area contributed by atoms with Gasteiger partial charge in [-0.2, -0.15) is 12.6 Å². The molecule has 462 valence electrons. The number of ether oxygens (including phenoxy) is 2. The molecule has 0 bridgehead atoms. The molecule has 13 heteroatoms. The molecule has 7 fully saturated rings.